The lowest BCUT2D eigenvalue weighted by atomic mass is 10.1. The molecule has 0 aliphatic rings. The molecule has 0 aliphatic carbocycles. The van der Waals surface area contributed by atoms with Crippen LogP contribution in [0.2, 0.25) is 0 Å². The molecule has 7 heteroatoms. The molecule has 2 aromatic rings. The number of rotatable bonds is 5. The van der Waals surface area contributed by atoms with Crippen LogP contribution in [0.25, 0.3) is 0 Å². The number of hydrogen-bond acceptors (Lipinski definition) is 5. The first-order valence-corrected chi connectivity index (χ1v) is 5.78. The van der Waals surface area contributed by atoms with Crippen LogP contribution in [0.4, 0.5) is 17.1 Å². The van der Waals surface area contributed by atoms with Crippen molar-refractivity contribution >= 4 is 17.1 Å². The summed E-state index contributed by atoms with van der Waals surface area (Å²) in [7, 11) is 0. The first kappa shape index (κ1) is 13.5. The zero-order valence-electron chi connectivity index (χ0n) is 10.4. The minimum atomic E-state index is -0.490. The lowest BCUT2D eigenvalue weighted by molar-refractivity contribution is -0.385. The number of nitrogens with zero attached hydrogens (tertiary/aromatic N) is 2. The maximum Gasteiger partial charge on any atom is 0.274 e. The van der Waals surface area contributed by atoms with Gasteiger partial charge in [0.15, 0.2) is 0 Å². The van der Waals surface area contributed by atoms with Crippen LogP contribution in [0.3, 0.4) is 0 Å². The average Bonchev–Trinajstić information content (AvgIpc) is 2.45. The number of non-ortho nitro benzene ring substituents is 1. The van der Waals surface area contributed by atoms with Crippen molar-refractivity contribution in [3.8, 4) is 0 Å². The second kappa shape index (κ2) is 5.79. The van der Waals surface area contributed by atoms with Crippen molar-refractivity contribution in [3.63, 3.8) is 0 Å². The van der Waals surface area contributed by atoms with E-state index in [9.17, 15) is 20.2 Å². The SMILES string of the molecule is O=[N+]([O-])c1cccc(NCc2ccccc2[N+](=O)[O-])c1. The normalized spacial score (nSPS) is 10.0. The van der Waals surface area contributed by atoms with Crippen molar-refractivity contribution in [1.82, 2.24) is 0 Å². The molecule has 2 rings (SSSR count). The number of nitrogens with one attached hydrogen (secondary N) is 1. The highest BCUT2D eigenvalue weighted by molar-refractivity contribution is 5.52. The number of para-hydroxylation sites is 1. The van der Waals surface area contributed by atoms with Gasteiger partial charge in [-0.15, -0.1) is 0 Å². The summed E-state index contributed by atoms with van der Waals surface area (Å²) in [6.45, 7) is 0.221. The van der Waals surface area contributed by atoms with Gasteiger partial charge in [0.25, 0.3) is 11.4 Å². The van der Waals surface area contributed by atoms with Gasteiger partial charge in [-0.25, -0.2) is 0 Å². The molecule has 0 saturated heterocycles. The van der Waals surface area contributed by atoms with Crippen molar-refractivity contribution in [2.24, 2.45) is 0 Å². The maximum atomic E-state index is 10.9. The van der Waals surface area contributed by atoms with Crippen LogP contribution < -0.4 is 5.32 Å². The molecule has 0 unspecified atom stereocenters. The Morgan fingerprint density at radius 1 is 0.950 bits per heavy atom. The molecule has 1 N–H and O–H groups in total. The lowest BCUT2D eigenvalue weighted by Crippen LogP contribution is -2.03. The van der Waals surface area contributed by atoms with Gasteiger partial charge in [-0.1, -0.05) is 24.3 Å². The molecule has 0 heterocycles. The third-order valence-electron chi connectivity index (χ3n) is 2.73. The van der Waals surface area contributed by atoms with E-state index in [1.165, 1.54) is 18.2 Å². The van der Waals surface area contributed by atoms with Crippen LogP contribution in [0, 0.1) is 20.2 Å². The molecule has 0 bridgehead atoms. The Labute approximate surface area is 114 Å². The Balaban J connectivity index is 2.15. The highest BCUT2D eigenvalue weighted by atomic mass is 16.6. The smallest absolute Gasteiger partial charge is 0.274 e. The molecule has 102 valence electrons. The second-order valence-corrected chi connectivity index (χ2v) is 4.05. The van der Waals surface area contributed by atoms with E-state index in [4.69, 9.17) is 0 Å². The molecule has 0 amide bonds. The fraction of sp³-hybridized carbons (Fsp3) is 0.0769. The molecule has 7 nitrogen and oxygen atoms in total. The highest BCUT2D eigenvalue weighted by Crippen LogP contribution is 2.21. The monoisotopic (exact) mass is 273 g/mol. The largest absolute Gasteiger partial charge is 0.380 e. The molecule has 0 atom stereocenters. The van der Waals surface area contributed by atoms with E-state index >= 15 is 0 Å². The number of nitro benzene ring substituents is 2. The average molecular weight is 273 g/mol. The van der Waals surface area contributed by atoms with Crippen molar-refractivity contribution < 1.29 is 9.85 Å². The fourth-order valence-electron chi connectivity index (χ4n) is 1.77. The number of hydrogen-bond donors (Lipinski definition) is 1. The first-order valence-electron chi connectivity index (χ1n) is 5.78. The third kappa shape index (κ3) is 3.08. The molecule has 20 heavy (non-hydrogen) atoms. The molecule has 0 fully saturated rings. The quantitative estimate of drug-likeness (QED) is 0.666. The van der Waals surface area contributed by atoms with Crippen molar-refractivity contribution in [2.75, 3.05) is 5.32 Å². The van der Waals surface area contributed by atoms with Gasteiger partial charge >= 0.3 is 0 Å². The predicted octanol–water partition coefficient (Wildman–Crippen LogP) is 3.12. The Morgan fingerprint density at radius 3 is 2.40 bits per heavy atom. The molecule has 2 aromatic carbocycles. The molecular formula is C13H11N3O4. The van der Waals surface area contributed by atoms with Gasteiger partial charge in [-0.3, -0.25) is 20.2 Å². The van der Waals surface area contributed by atoms with E-state index in [0.717, 1.165) is 0 Å². The second-order valence-electron chi connectivity index (χ2n) is 4.05. The minimum absolute atomic E-state index is 0.0189. The number of nitro groups is 2. The van der Waals surface area contributed by atoms with Crippen molar-refractivity contribution in [1.29, 1.82) is 0 Å². The van der Waals surface area contributed by atoms with Gasteiger partial charge < -0.3 is 5.32 Å². The Bertz CT molecular complexity index is 658. The molecule has 0 spiro atoms. The Kier molecular flexibility index (Phi) is 3.90. The molecule has 0 radical (unpaired) electrons. The maximum absolute atomic E-state index is 10.9. The summed E-state index contributed by atoms with van der Waals surface area (Å²) in [4.78, 5) is 20.6. The summed E-state index contributed by atoms with van der Waals surface area (Å²) in [6, 6.07) is 12.4. The van der Waals surface area contributed by atoms with E-state index in [1.807, 2.05) is 0 Å². The number of benzene rings is 2. The molecule has 0 aliphatic heterocycles. The van der Waals surface area contributed by atoms with E-state index in [-0.39, 0.29) is 17.9 Å². The van der Waals surface area contributed by atoms with Crippen LogP contribution in [-0.2, 0) is 6.54 Å². The lowest BCUT2D eigenvalue weighted by Gasteiger charge is -2.06. The zero-order chi connectivity index (χ0) is 14.5. The molecule has 0 saturated carbocycles. The summed E-state index contributed by atoms with van der Waals surface area (Å²) in [6.07, 6.45) is 0. The van der Waals surface area contributed by atoms with Gasteiger partial charge in [-0.2, -0.15) is 0 Å². The van der Waals surface area contributed by atoms with Gasteiger partial charge in [0.2, 0.25) is 0 Å². The van der Waals surface area contributed by atoms with Crippen LogP contribution in [0.5, 0.6) is 0 Å². The summed E-state index contributed by atoms with van der Waals surface area (Å²) in [5.74, 6) is 0. The minimum Gasteiger partial charge on any atom is -0.380 e. The summed E-state index contributed by atoms with van der Waals surface area (Å²) < 4.78 is 0. The van der Waals surface area contributed by atoms with Crippen molar-refractivity contribution in [3.05, 3.63) is 74.3 Å². The summed E-state index contributed by atoms with van der Waals surface area (Å²) >= 11 is 0. The topological polar surface area (TPSA) is 98.3 Å². The van der Waals surface area contributed by atoms with Crippen molar-refractivity contribution in [2.45, 2.75) is 6.54 Å². The van der Waals surface area contributed by atoms with Crippen LogP contribution in [0.15, 0.2) is 48.5 Å². The van der Waals surface area contributed by atoms with E-state index in [2.05, 4.69) is 5.32 Å². The van der Waals surface area contributed by atoms with E-state index < -0.39 is 9.85 Å². The third-order valence-corrected chi connectivity index (χ3v) is 2.73. The fourth-order valence-corrected chi connectivity index (χ4v) is 1.77. The zero-order valence-corrected chi connectivity index (χ0v) is 10.4. The van der Waals surface area contributed by atoms with E-state index in [1.54, 1.807) is 30.3 Å². The van der Waals surface area contributed by atoms with Crippen LogP contribution in [0.1, 0.15) is 5.56 Å². The molecular weight excluding hydrogens is 262 g/mol. The standard InChI is InChI=1S/C13H11N3O4/c17-15(18)12-6-3-5-11(8-12)14-9-10-4-1-2-7-13(10)16(19)20/h1-8,14H,9H2. The van der Waals surface area contributed by atoms with Gasteiger partial charge in [-0.05, 0) is 6.07 Å². The van der Waals surface area contributed by atoms with Gasteiger partial charge in [0.05, 0.1) is 9.85 Å². The summed E-state index contributed by atoms with van der Waals surface area (Å²) in [5, 5.41) is 24.5. The first-order chi connectivity index (χ1) is 9.58. The Hall–Kier alpha value is -2.96. The number of anilines is 1. The van der Waals surface area contributed by atoms with E-state index in [0.29, 0.717) is 11.3 Å². The van der Waals surface area contributed by atoms with Gasteiger partial charge in [0.1, 0.15) is 0 Å². The van der Waals surface area contributed by atoms with Crippen LogP contribution in [-0.4, -0.2) is 9.85 Å². The molecule has 0 aromatic heterocycles. The highest BCUT2D eigenvalue weighted by Gasteiger charge is 2.12. The predicted molar refractivity (Wildman–Crippen MR) is 73.5 cm³/mol. The summed E-state index contributed by atoms with van der Waals surface area (Å²) in [5.41, 5.74) is 1.05. The van der Waals surface area contributed by atoms with Crippen LogP contribution >= 0.6 is 0 Å². The Morgan fingerprint density at radius 2 is 1.70 bits per heavy atom. The van der Waals surface area contributed by atoms with Gasteiger partial charge in [0, 0.05) is 36.0 Å².